The second kappa shape index (κ2) is 6.80. The quantitative estimate of drug-likeness (QED) is 0.859. The molecule has 1 spiro atoms. The maximum atomic E-state index is 12.7. The first-order chi connectivity index (χ1) is 12.2. The van der Waals surface area contributed by atoms with E-state index in [1.54, 1.807) is 36.9 Å². The average molecular weight is 339 g/mol. The van der Waals surface area contributed by atoms with Crippen LogP contribution in [0.1, 0.15) is 29.6 Å². The van der Waals surface area contributed by atoms with Crippen molar-refractivity contribution < 1.29 is 14.3 Å². The van der Waals surface area contributed by atoms with Gasteiger partial charge in [0.25, 0.3) is 5.91 Å². The summed E-state index contributed by atoms with van der Waals surface area (Å²) < 4.78 is 12.1. The predicted octanol–water partition coefficient (Wildman–Crippen LogP) is 2.32. The molecule has 4 rings (SSSR count). The Kier molecular flexibility index (Phi) is 4.36. The summed E-state index contributed by atoms with van der Waals surface area (Å²) >= 11 is 0. The van der Waals surface area contributed by atoms with Gasteiger partial charge in [-0.1, -0.05) is 0 Å². The number of ether oxygens (including phenoxy) is 2. The summed E-state index contributed by atoms with van der Waals surface area (Å²) in [6.07, 6.45) is 9.43. The summed E-state index contributed by atoms with van der Waals surface area (Å²) in [5.74, 6) is 0.801. The third-order valence-corrected chi connectivity index (χ3v) is 4.87. The van der Waals surface area contributed by atoms with Gasteiger partial charge in [-0.2, -0.15) is 0 Å². The molecule has 0 bridgehead atoms. The summed E-state index contributed by atoms with van der Waals surface area (Å²) in [6, 6.07) is 7.27. The molecule has 6 heteroatoms. The molecule has 25 heavy (non-hydrogen) atoms. The van der Waals surface area contributed by atoms with Crippen molar-refractivity contribution in [2.75, 3.05) is 19.7 Å². The Hall–Kier alpha value is -2.47. The lowest BCUT2D eigenvalue weighted by Gasteiger charge is -2.39. The van der Waals surface area contributed by atoms with Gasteiger partial charge in [-0.15, -0.1) is 0 Å². The molecular weight excluding hydrogens is 318 g/mol. The Bertz CT molecular complexity index is 725. The largest absolute Gasteiger partial charge is 0.486 e. The Morgan fingerprint density at radius 3 is 2.92 bits per heavy atom. The van der Waals surface area contributed by atoms with Crippen LogP contribution in [0.15, 0.2) is 49.1 Å². The molecule has 0 radical (unpaired) electrons. The van der Waals surface area contributed by atoms with Crippen molar-refractivity contribution in [1.82, 2.24) is 14.9 Å². The summed E-state index contributed by atoms with van der Waals surface area (Å²) in [4.78, 5) is 22.7. The lowest BCUT2D eigenvalue weighted by Crippen LogP contribution is -2.50. The SMILES string of the molecule is O=C(c1ccncc1)N1CCC[C@@]2(C[C@H](Oc3cccnc3)CO2)C1. The van der Waals surface area contributed by atoms with Gasteiger partial charge in [0.15, 0.2) is 0 Å². The number of amides is 1. The second-order valence-electron chi connectivity index (χ2n) is 6.69. The molecular formula is C19H21N3O3. The van der Waals surface area contributed by atoms with Crippen LogP contribution in [0, 0.1) is 0 Å². The van der Waals surface area contributed by atoms with Crippen molar-refractivity contribution in [3.05, 3.63) is 54.6 Å². The molecule has 2 aliphatic rings. The van der Waals surface area contributed by atoms with Crippen LogP contribution >= 0.6 is 0 Å². The molecule has 4 heterocycles. The zero-order chi connectivity index (χ0) is 17.1. The molecule has 0 unspecified atom stereocenters. The van der Waals surface area contributed by atoms with E-state index >= 15 is 0 Å². The standard InChI is InChI=1S/C19H21N3O3/c23-18(15-4-8-20-9-5-15)22-10-2-6-19(14-22)11-17(13-24-19)25-16-3-1-7-21-12-16/h1,3-5,7-9,12,17H,2,6,10-11,13-14H2/t17-,19+/m0/s1. The molecule has 2 atom stereocenters. The smallest absolute Gasteiger partial charge is 0.254 e. The first-order valence-corrected chi connectivity index (χ1v) is 8.64. The highest BCUT2D eigenvalue weighted by Gasteiger charge is 2.45. The average Bonchev–Trinajstić information content (AvgIpc) is 3.04. The van der Waals surface area contributed by atoms with Crippen molar-refractivity contribution in [3.63, 3.8) is 0 Å². The van der Waals surface area contributed by atoms with Crippen LogP contribution in [0.4, 0.5) is 0 Å². The molecule has 2 aromatic heterocycles. The summed E-state index contributed by atoms with van der Waals surface area (Å²) in [5.41, 5.74) is 0.376. The van der Waals surface area contributed by atoms with Gasteiger partial charge in [-0.05, 0) is 37.1 Å². The molecule has 2 aromatic rings. The number of carbonyl (C=O) groups excluding carboxylic acids is 1. The highest BCUT2D eigenvalue weighted by molar-refractivity contribution is 5.94. The second-order valence-corrected chi connectivity index (χ2v) is 6.69. The minimum atomic E-state index is -0.298. The first-order valence-electron chi connectivity index (χ1n) is 8.64. The fourth-order valence-electron chi connectivity index (χ4n) is 3.72. The van der Waals surface area contributed by atoms with Gasteiger partial charge >= 0.3 is 0 Å². The lowest BCUT2D eigenvalue weighted by atomic mass is 9.89. The third-order valence-electron chi connectivity index (χ3n) is 4.87. The molecule has 0 saturated carbocycles. The van der Waals surface area contributed by atoms with Crippen LogP contribution in [-0.4, -0.2) is 52.2 Å². The van der Waals surface area contributed by atoms with Gasteiger partial charge in [0.2, 0.25) is 0 Å². The van der Waals surface area contributed by atoms with Crippen molar-refractivity contribution in [2.24, 2.45) is 0 Å². The topological polar surface area (TPSA) is 64.6 Å². The molecule has 1 amide bonds. The van der Waals surface area contributed by atoms with E-state index in [1.165, 1.54) is 0 Å². The molecule has 0 aliphatic carbocycles. The number of hydrogen-bond donors (Lipinski definition) is 0. The van der Waals surface area contributed by atoms with Crippen LogP contribution in [-0.2, 0) is 4.74 Å². The number of aromatic nitrogens is 2. The number of pyridine rings is 2. The van der Waals surface area contributed by atoms with Gasteiger partial charge in [-0.25, -0.2) is 0 Å². The number of nitrogens with zero attached hydrogens (tertiary/aromatic N) is 3. The maximum absolute atomic E-state index is 12.7. The van der Waals surface area contributed by atoms with E-state index in [2.05, 4.69) is 9.97 Å². The predicted molar refractivity (Wildman–Crippen MR) is 91.3 cm³/mol. The molecule has 2 fully saturated rings. The fraction of sp³-hybridized carbons (Fsp3) is 0.421. The molecule has 2 saturated heterocycles. The van der Waals surface area contributed by atoms with E-state index < -0.39 is 0 Å². The third kappa shape index (κ3) is 3.49. The van der Waals surface area contributed by atoms with E-state index in [0.29, 0.717) is 18.7 Å². The Morgan fingerprint density at radius 1 is 1.24 bits per heavy atom. The van der Waals surface area contributed by atoms with Crippen LogP contribution in [0.3, 0.4) is 0 Å². The van der Waals surface area contributed by atoms with Crippen molar-refractivity contribution in [3.8, 4) is 5.75 Å². The minimum Gasteiger partial charge on any atom is -0.486 e. The Morgan fingerprint density at radius 2 is 2.12 bits per heavy atom. The molecule has 0 N–H and O–H groups in total. The van der Waals surface area contributed by atoms with E-state index in [0.717, 1.165) is 31.6 Å². The number of piperidine rings is 1. The minimum absolute atomic E-state index is 0.000164. The van der Waals surface area contributed by atoms with E-state index in [1.807, 2.05) is 17.0 Å². The first kappa shape index (κ1) is 16.0. The summed E-state index contributed by atoms with van der Waals surface area (Å²) in [5, 5.41) is 0. The Labute approximate surface area is 146 Å². The van der Waals surface area contributed by atoms with Gasteiger partial charge in [-0.3, -0.25) is 14.8 Å². The highest BCUT2D eigenvalue weighted by atomic mass is 16.6. The highest BCUT2D eigenvalue weighted by Crippen LogP contribution is 2.36. The summed E-state index contributed by atoms with van der Waals surface area (Å²) in [6.45, 7) is 1.92. The maximum Gasteiger partial charge on any atom is 0.254 e. The fourth-order valence-corrected chi connectivity index (χ4v) is 3.72. The van der Waals surface area contributed by atoms with E-state index in [9.17, 15) is 4.79 Å². The zero-order valence-corrected chi connectivity index (χ0v) is 14.0. The number of carbonyl (C=O) groups is 1. The van der Waals surface area contributed by atoms with Gasteiger partial charge < -0.3 is 14.4 Å². The van der Waals surface area contributed by atoms with Crippen LogP contribution < -0.4 is 4.74 Å². The van der Waals surface area contributed by atoms with Crippen LogP contribution in [0.5, 0.6) is 5.75 Å². The molecule has 2 aliphatic heterocycles. The molecule has 0 aromatic carbocycles. The normalized spacial score (nSPS) is 25.9. The lowest BCUT2D eigenvalue weighted by molar-refractivity contribution is -0.0453. The van der Waals surface area contributed by atoms with Crippen LogP contribution in [0.25, 0.3) is 0 Å². The van der Waals surface area contributed by atoms with Crippen molar-refractivity contribution in [1.29, 1.82) is 0 Å². The number of hydrogen-bond acceptors (Lipinski definition) is 5. The van der Waals surface area contributed by atoms with Gasteiger partial charge in [0.1, 0.15) is 11.9 Å². The molecule has 6 nitrogen and oxygen atoms in total. The number of rotatable bonds is 3. The van der Waals surface area contributed by atoms with Gasteiger partial charge in [0.05, 0.1) is 24.9 Å². The van der Waals surface area contributed by atoms with E-state index in [-0.39, 0.29) is 17.6 Å². The van der Waals surface area contributed by atoms with Crippen LogP contribution in [0.2, 0.25) is 0 Å². The molecule has 130 valence electrons. The number of likely N-dealkylation sites (tertiary alicyclic amines) is 1. The van der Waals surface area contributed by atoms with Crippen molar-refractivity contribution >= 4 is 5.91 Å². The van der Waals surface area contributed by atoms with Gasteiger partial charge in [0, 0.05) is 37.1 Å². The van der Waals surface area contributed by atoms with E-state index in [4.69, 9.17) is 9.47 Å². The monoisotopic (exact) mass is 339 g/mol. The Balaban J connectivity index is 1.42. The zero-order valence-electron chi connectivity index (χ0n) is 14.0. The van der Waals surface area contributed by atoms with Crippen molar-refractivity contribution in [2.45, 2.75) is 31.0 Å². The summed E-state index contributed by atoms with van der Waals surface area (Å²) in [7, 11) is 0.